The van der Waals surface area contributed by atoms with Crippen LogP contribution in [-0.2, 0) is 25.8 Å². The van der Waals surface area contributed by atoms with Crippen LogP contribution in [0.5, 0.6) is 5.75 Å². The van der Waals surface area contributed by atoms with E-state index in [4.69, 9.17) is 11.5 Å². The topological polar surface area (TPSA) is 84.6 Å². The van der Waals surface area contributed by atoms with Crippen LogP contribution in [0.25, 0.3) is 0 Å². The molecule has 0 fully saturated rings. The Morgan fingerprint density at radius 3 is 1.71 bits per heavy atom. The van der Waals surface area contributed by atoms with Crippen molar-refractivity contribution in [3.63, 3.8) is 0 Å². The van der Waals surface area contributed by atoms with Crippen molar-refractivity contribution in [1.29, 1.82) is 0 Å². The highest BCUT2D eigenvalue weighted by Crippen LogP contribution is 2.12. The van der Waals surface area contributed by atoms with Gasteiger partial charge in [-0.15, -0.1) is 0 Å². The average molecular weight is 374 g/mol. The molecule has 0 aliphatic rings. The highest BCUT2D eigenvalue weighted by Gasteiger charge is 2.01. The summed E-state index contributed by atoms with van der Waals surface area (Å²) in [5.74, 6) is 0.835. The molecule has 4 heteroatoms. The van der Waals surface area contributed by atoms with Gasteiger partial charge in [-0.2, -0.15) is 0 Å². The predicted octanol–water partition coefficient (Wildman–Crippen LogP) is 3.58. The zero-order chi connectivity index (χ0) is 19.8. The number of benzene rings is 3. The zero-order valence-corrected chi connectivity index (χ0v) is 16.0. The van der Waals surface area contributed by atoms with E-state index in [0.717, 1.165) is 36.0 Å². The summed E-state index contributed by atoms with van der Waals surface area (Å²) in [5.41, 5.74) is 17.6. The second-order valence-corrected chi connectivity index (χ2v) is 6.90. The maximum absolute atomic E-state index is 9.31. The number of amidine groups is 1. The summed E-state index contributed by atoms with van der Waals surface area (Å²) in [6, 6.07) is 24.0. The largest absolute Gasteiger partial charge is 0.508 e. The molecular formula is C24H27N3O. The SMILES string of the molecule is NCc1ccc(CCc2ccc(C(N)=NCCc3ccc(O)cc3)cc2)cc1. The molecule has 0 aromatic heterocycles. The lowest BCUT2D eigenvalue weighted by molar-refractivity contribution is 0.475. The number of aryl methyl sites for hydroxylation is 2. The first-order valence-electron chi connectivity index (χ1n) is 9.59. The maximum atomic E-state index is 9.31. The van der Waals surface area contributed by atoms with Gasteiger partial charge in [-0.25, -0.2) is 0 Å². The molecule has 3 aromatic carbocycles. The molecule has 0 saturated heterocycles. The molecular weight excluding hydrogens is 346 g/mol. The van der Waals surface area contributed by atoms with E-state index in [1.165, 1.54) is 11.1 Å². The van der Waals surface area contributed by atoms with Crippen LogP contribution < -0.4 is 11.5 Å². The summed E-state index contributed by atoms with van der Waals surface area (Å²) >= 11 is 0. The van der Waals surface area contributed by atoms with Crippen molar-refractivity contribution in [2.45, 2.75) is 25.8 Å². The van der Waals surface area contributed by atoms with E-state index >= 15 is 0 Å². The molecule has 0 atom stereocenters. The van der Waals surface area contributed by atoms with E-state index in [1.54, 1.807) is 12.1 Å². The number of hydrogen-bond acceptors (Lipinski definition) is 3. The fourth-order valence-electron chi connectivity index (χ4n) is 3.03. The Bertz CT molecular complexity index is 898. The smallest absolute Gasteiger partial charge is 0.125 e. The van der Waals surface area contributed by atoms with Gasteiger partial charge in [-0.05, 0) is 53.6 Å². The molecule has 0 unspecified atom stereocenters. The van der Waals surface area contributed by atoms with Gasteiger partial charge >= 0.3 is 0 Å². The van der Waals surface area contributed by atoms with Gasteiger partial charge in [0.1, 0.15) is 11.6 Å². The van der Waals surface area contributed by atoms with Gasteiger partial charge in [0.15, 0.2) is 0 Å². The normalized spacial score (nSPS) is 11.5. The third-order valence-electron chi connectivity index (χ3n) is 4.83. The van der Waals surface area contributed by atoms with E-state index in [0.29, 0.717) is 18.9 Å². The molecule has 3 rings (SSSR count). The van der Waals surface area contributed by atoms with Crippen LogP contribution in [-0.4, -0.2) is 17.5 Å². The number of phenolic OH excluding ortho intramolecular Hbond substituents is 1. The van der Waals surface area contributed by atoms with E-state index in [-0.39, 0.29) is 5.75 Å². The van der Waals surface area contributed by atoms with Crippen molar-refractivity contribution in [3.8, 4) is 5.75 Å². The summed E-state index contributed by atoms with van der Waals surface area (Å²) in [7, 11) is 0. The third kappa shape index (κ3) is 5.69. The molecule has 5 N–H and O–H groups in total. The number of aliphatic imine (C=N–C) groups is 1. The molecule has 0 amide bonds. The van der Waals surface area contributed by atoms with Gasteiger partial charge in [0.05, 0.1) is 0 Å². The molecule has 28 heavy (non-hydrogen) atoms. The predicted molar refractivity (Wildman–Crippen MR) is 116 cm³/mol. The highest BCUT2D eigenvalue weighted by atomic mass is 16.3. The average Bonchev–Trinajstić information content (AvgIpc) is 2.74. The Labute approximate surface area is 166 Å². The first-order valence-corrected chi connectivity index (χ1v) is 9.59. The van der Waals surface area contributed by atoms with Gasteiger partial charge in [0.2, 0.25) is 0 Å². The highest BCUT2D eigenvalue weighted by molar-refractivity contribution is 5.97. The minimum absolute atomic E-state index is 0.277. The molecule has 0 heterocycles. The second-order valence-electron chi connectivity index (χ2n) is 6.90. The van der Waals surface area contributed by atoms with E-state index in [9.17, 15) is 5.11 Å². The van der Waals surface area contributed by atoms with Crippen LogP contribution in [0.15, 0.2) is 77.8 Å². The van der Waals surface area contributed by atoms with Gasteiger partial charge in [-0.1, -0.05) is 60.7 Å². The maximum Gasteiger partial charge on any atom is 0.125 e. The molecule has 4 nitrogen and oxygen atoms in total. The van der Waals surface area contributed by atoms with Gasteiger partial charge in [-0.3, -0.25) is 4.99 Å². The Kier molecular flexibility index (Phi) is 6.82. The summed E-state index contributed by atoms with van der Waals surface area (Å²) in [6.45, 7) is 1.21. The minimum Gasteiger partial charge on any atom is -0.508 e. The van der Waals surface area contributed by atoms with Crippen LogP contribution >= 0.6 is 0 Å². The number of nitrogens with zero attached hydrogens (tertiary/aromatic N) is 1. The van der Waals surface area contributed by atoms with E-state index in [2.05, 4.69) is 41.4 Å². The molecule has 3 aromatic rings. The minimum atomic E-state index is 0.277. The zero-order valence-electron chi connectivity index (χ0n) is 16.0. The Hall–Kier alpha value is -3.11. The van der Waals surface area contributed by atoms with Crippen LogP contribution in [0.4, 0.5) is 0 Å². The quantitative estimate of drug-likeness (QED) is 0.417. The van der Waals surface area contributed by atoms with E-state index < -0.39 is 0 Å². The number of hydrogen-bond donors (Lipinski definition) is 3. The first kappa shape index (κ1) is 19.6. The van der Waals surface area contributed by atoms with Gasteiger partial charge in [0, 0.05) is 18.7 Å². The fraction of sp³-hybridized carbons (Fsp3) is 0.208. The van der Waals surface area contributed by atoms with Crippen molar-refractivity contribution < 1.29 is 5.11 Å². The Balaban J connectivity index is 1.51. The van der Waals surface area contributed by atoms with Crippen LogP contribution in [0.2, 0.25) is 0 Å². The summed E-state index contributed by atoms with van der Waals surface area (Å²) in [5, 5.41) is 9.31. The van der Waals surface area contributed by atoms with Crippen LogP contribution in [0.1, 0.15) is 27.8 Å². The number of rotatable bonds is 8. The number of aromatic hydroxyl groups is 1. The number of nitrogens with two attached hydrogens (primary N) is 2. The number of phenols is 1. The summed E-state index contributed by atoms with van der Waals surface area (Å²) in [4.78, 5) is 4.47. The van der Waals surface area contributed by atoms with Crippen molar-refractivity contribution in [3.05, 3.63) is 101 Å². The van der Waals surface area contributed by atoms with Crippen molar-refractivity contribution in [2.75, 3.05) is 6.54 Å². The molecule has 0 aliphatic heterocycles. The monoisotopic (exact) mass is 373 g/mol. The standard InChI is InChI=1S/C24H27N3O/c25-17-21-5-3-18(4-6-21)1-2-19-7-11-22(12-8-19)24(26)27-16-15-20-9-13-23(28)14-10-20/h3-14,28H,1-2,15-17,25H2,(H2,26,27). The van der Waals surface area contributed by atoms with Crippen molar-refractivity contribution >= 4 is 5.84 Å². The molecule has 144 valence electrons. The third-order valence-corrected chi connectivity index (χ3v) is 4.83. The van der Waals surface area contributed by atoms with E-state index in [1.807, 2.05) is 24.3 Å². The first-order chi connectivity index (χ1) is 13.6. The van der Waals surface area contributed by atoms with Crippen LogP contribution in [0.3, 0.4) is 0 Å². The van der Waals surface area contributed by atoms with Gasteiger partial charge < -0.3 is 16.6 Å². The second kappa shape index (κ2) is 9.72. The Morgan fingerprint density at radius 2 is 1.14 bits per heavy atom. The van der Waals surface area contributed by atoms with Crippen molar-refractivity contribution in [1.82, 2.24) is 0 Å². The summed E-state index contributed by atoms with van der Waals surface area (Å²) < 4.78 is 0. The molecule has 0 saturated carbocycles. The lowest BCUT2D eigenvalue weighted by Gasteiger charge is -2.06. The molecule has 0 aliphatic carbocycles. The van der Waals surface area contributed by atoms with Crippen molar-refractivity contribution in [2.24, 2.45) is 16.5 Å². The molecule has 0 radical (unpaired) electrons. The van der Waals surface area contributed by atoms with Gasteiger partial charge in [0.25, 0.3) is 0 Å². The lowest BCUT2D eigenvalue weighted by Crippen LogP contribution is -2.14. The van der Waals surface area contributed by atoms with Crippen LogP contribution in [0, 0.1) is 0 Å². The fourth-order valence-corrected chi connectivity index (χ4v) is 3.03. The summed E-state index contributed by atoms with van der Waals surface area (Å²) in [6.07, 6.45) is 2.78. The Morgan fingerprint density at radius 1 is 0.679 bits per heavy atom. The lowest BCUT2D eigenvalue weighted by atomic mass is 10.0. The molecule has 0 bridgehead atoms. The molecule has 0 spiro atoms.